The van der Waals surface area contributed by atoms with Gasteiger partial charge in [-0.2, -0.15) is 0 Å². The van der Waals surface area contributed by atoms with Gasteiger partial charge in [0.25, 0.3) is 5.91 Å². The number of thiazole rings is 1. The number of ether oxygens (including phenoxy) is 1. The zero-order valence-electron chi connectivity index (χ0n) is 14.0. The molecule has 27 heavy (non-hydrogen) atoms. The van der Waals surface area contributed by atoms with E-state index in [1.54, 1.807) is 31.4 Å². The molecule has 0 atom stereocenters. The number of thiocarbonyl (C=S) groups is 1. The van der Waals surface area contributed by atoms with Gasteiger partial charge in [-0.25, -0.2) is 4.98 Å². The van der Waals surface area contributed by atoms with E-state index in [1.807, 2.05) is 23.6 Å². The fourth-order valence-corrected chi connectivity index (χ4v) is 3.97. The van der Waals surface area contributed by atoms with Gasteiger partial charge in [0.1, 0.15) is 5.75 Å². The van der Waals surface area contributed by atoms with E-state index in [2.05, 4.69) is 31.5 Å². The fraction of sp³-hybridized carbons (Fsp3) is 0.0556. The van der Waals surface area contributed by atoms with Crippen LogP contribution in [0.2, 0.25) is 5.02 Å². The summed E-state index contributed by atoms with van der Waals surface area (Å²) in [6, 6.07) is 12.5. The molecule has 2 aromatic carbocycles. The zero-order valence-corrected chi connectivity index (χ0v) is 17.9. The average Bonchev–Trinajstić information content (AvgIpc) is 3.10. The van der Waals surface area contributed by atoms with Crippen molar-refractivity contribution >= 4 is 67.2 Å². The Morgan fingerprint density at radius 3 is 2.78 bits per heavy atom. The minimum atomic E-state index is -0.381. The second-order valence-electron chi connectivity index (χ2n) is 5.28. The Morgan fingerprint density at radius 1 is 1.30 bits per heavy atom. The van der Waals surface area contributed by atoms with Crippen LogP contribution in [0.15, 0.2) is 52.3 Å². The summed E-state index contributed by atoms with van der Waals surface area (Å²) in [4.78, 5) is 16.7. The minimum Gasteiger partial charge on any atom is -0.496 e. The van der Waals surface area contributed by atoms with Crippen molar-refractivity contribution < 1.29 is 9.53 Å². The molecule has 0 saturated carbocycles. The number of rotatable bonds is 4. The third-order valence-corrected chi connectivity index (χ3v) is 5.43. The van der Waals surface area contributed by atoms with Crippen LogP contribution in [-0.2, 0) is 0 Å². The number of anilines is 1. The highest BCUT2D eigenvalue weighted by Gasteiger charge is 2.13. The Labute approximate surface area is 178 Å². The molecule has 9 heteroatoms. The molecule has 0 radical (unpaired) electrons. The molecule has 0 aliphatic heterocycles. The number of methoxy groups -OCH3 is 1. The van der Waals surface area contributed by atoms with E-state index in [1.165, 1.54) is 11.3 Å². The summed E-state index contributed by atoms with van der Waals surface area (Å²) in [7, 11) is 1.61. The van der Waals surface area contributed by atoms with Crippen molar-refractivity contribution in [1.29, 1.82) is 0 Å². The van der Waals surface area contributed by atoms with Crippen LogP contribution in [0.3, 0.4) is 0 Å². The van der Waals surface area contributed by atoms with Crippen molar-refractivity contribution in [3.63, 3.8) is 0 Å². The van der Waals surface area contributed by atoms with Gasteiger partial charge in [-0.05, 0) is 58.5 Å². The highest BCUT2D eigenvalue weighted by Crippen LogP contribution is 2.32. The Balaban J connectivity index is 1.67. The second-order valence-corrected chi connectivity index (χ2v) is 7.80. The summed E-state index contributed by atoms with van der Waals surface area (Å²) < 4.78 is 6.07. The van der Waals surface area contributed by atoms with E-state index >= 15 is 0 Å². The normalized spacial score (nSPS) is 10.3. The number of carbonyl (C=O) groups is 1. The predicted octanol–water partition coefficient (Wildman–Crippen LogP) is 5.36. The summed E-state index contributed by atoms with van der Waals surface area (Å²) in [5.74, 6) is 0.366. The largest absolute Gasteiger partial charge is 0.496 e. The SMILES string of the molecule is COc1ccc(-c2csc(NC(=S)NC(=O)c3ccccc3Cl)n2)cc1Br. The number of carbonyl (C=O) groups excluding carboxylic acids is 1. The lowest BCUT2D eigenvalue weighted by molar-refractivity contribution is 0.0978. The van der Waals surface area contributed by atoms with Crippen LogP contribution in [0.1, 0.15) is 10.4 Å². The van der Waals surface area contributed by atoms with Gasteiger partial charge in [-0.15, -0.1) is 11.3 Å². The molecular formula is C18H13BrClN3O2S2. The van der Waals surface area contributed by atoms with Crippen LogP contribution < -0.4 is 15.4 Å². The van der Waals surface area contributed by atoms with Crippen molar-refractivity contribution in [2.75, 3.05) is 12.4 Å². The Morgan fingerprint density at radius 2 is 2.07 bits per heavy atom. The summed E-state index contributed by atoms with van der Waals surface area (Å²) in [5, 5.41) is 8.49. The van der Waals surface area contributed by atoms with Gasteiger partial charge < -0.3 is 10.1 Å². The lowest BCUT2D eigenvalue weighted by Crippen LogP contribution is -2.34. The molecule has 0 unspecified atom stereocenters. The first kappa shape index (κ1) is 19.8. The summed E-state index contributed by atoms with van der Waals surface area (Å²) in [5.41, 5.74) is 2.07. The summed E-state index contributed by atoms with van der Waals surface area (Å²) >= 11 is 16.1. The first-order valence-corrected chi connectivity index (χ1v) is 10.1. The first-order valence-electron chi connectivity index (χ1n) is 7.64. The molecule has 0 aliphatic carbocycles. The second kappa shape index (κ2) is 8.79. The number of hydrogen-bond donors (Lipinski definition) is 2. The van der Waals surface area contributed by atoms with Gasteiger partial charge in [0.15, 0.2) is 10.2 Å². The van der Waals surface area contributed by atoms with Crippen LogP contribution in [0, 0.1) is 0 Å². The van der Waals surface area contributed by atoms with E-state index in [4.69, 9.17) is 28.6 Å². The smallest absolute Gasteiger partial charge is 0.258 e. The molecular weight excluding hydrogens is 470 g/mol. The number of aromatic nitrogens is 1. The van der Waals surface area contributed by atoms with Crippen LogP contribution in [0.5, 0.6) is 5.75 Å². The quantitative estimate of drug-likeness (QED) is 0.490. The number of nitrogens with zero attached hydrogens (tertiary/aromatic N) is 1. The topological polar surface area (TPSA) is 63.2 Å². The molecule has 0 saturated heterocycles. The van der Waals surface area contributed by atoms with Gasteiger partial charge in [-0.1, -0.05) is 23.7 Å². The molecule has 3 aromatic rings. The van der Waals surface area contributed by atoms with Crippen molar-refractivity contribution in [2.45, 2.75) is 0 Å². The molecule has 0 bridgehead atoms. The van der Waals surface area contributed by atoms with Gasteiger partial charge in [-0.3, -0.25) is 10.1 Å². The molecule has 0 spiro atoms. The van der Waals surface area contributed by atoms with E-state index in [0.29, 0.717) is 15.7 Å². The lowest BCUT2D eigenvalue weighted by atomic mass is 10.2. The van der Waals surface area contributed by atoms with Crippen LogP contribution in [-0.4, -0.2) is 23.1 Å². The molecule has 138 valence electrons. The van der Waals surface area contributed by atoms with Crippen molar-refractivity contribution in [2.24, 2.45) is 0 Å². The number of hydrogen-bond acceptors (Lipinski definition) is 5. The van der Waals surface area contributed by atoms with Crippen molar-refractivity contribution in [1.82, 2.24) is 10.3 Å². The monoisotopic (exact) mass is 481 g/mol. The maximum atomic E-state index is 12.2. The molecule has 1 amide bonds. The van der Waals surface area contributed by atoms with Crippen LogP contribution >= 0.6 is 51.1 Å². The van der Waals surface area contributed by atoms with E-state index in [-0.39, 0.29) is 11.0 Å². The zero-order chi connectivity index (χ0) is 19.4. The maximum Gasteiger partial charge on any atom is 0.258 e. The Hall–Kier alpha value is -2.00. The Bertz CT molecular complexity index is 1010. The standard InChI is InChI=1S/C18H13BrClN3O2S2/c1-25-15-7-6-10(8-12(15)19)14-9-27-18(21-14)23-17(26)22-16(24)11-4-2-3-5-13(11)20/h2-9H,1H3,(H2,21,22,23,24,26). The average molecular weight is 483 g/mol. The Kier molecular flexibility index (Phi) is 6.43. The van der Waals surface area contributed by atoms with Gasteiger partial charge in [0.05, 0.1) is 27.9 Å². The molecule has 0 aliphatic rings. The number of nitrogens with one attached hydrogen (secondary N) is 2. The molecule has 3 rings (SSSR count). The van der Waals surface area contributed by atoms with Crippen molar-refractivity contribution in [3.05, 3.63) is 62.9 Å². The molecule has 1 heterocycles. The van der Waals surface area contributed by atoms with Gasteiger partial charge in [0, 0.05) is 10.9 Å². The number of halogens is 2. The van der Waals surface area contributed by atoms with Crippen molar-refractivity contribution in [3.8, 4) is 17.0 Å². The third-order valence-electron chi connectivity index (χ3n) is 3.52. The van der Waals surface area contributed by atoms with Gasteiger partial charge >= 0.3 is 0 Å². The summed E-state index contributed by atoms with van der Waals surface area (Å²) in [6.45, 7) is 0. The van der Waals surface area contributed by atoms with E-state index in [9.17, 15) is 4.79 Å². The number of benzene rings is 2. The van der Waals surface area contributed by atoms with Crippen LogP contribution in [0.25, 0.3) is 11.3 Å². The highest BCUT2D eigenvalue weighted by atomic mass is 79.9. The molecule has 5 nitrogen and oxygen atoms in total. The molecule has 1 aromatic heterocycles. The van der Waals surface area contributed by atoms with E-state index in [0.717, 1.165) is 21.5 Å². The lowest BCUT2D eigenvalue weighted by Gasteiger charge is -2.08. The van der Waals surface area contributed by atoms with Crippen LogP contribution in [0.4, 0.5) is 5.13 Å². The van der Waals surface area contributed by atoms with Gasteiger partial charge in [0.2, 0.25) is 0 Å². The fourth-order valence-electron chi connectivity index (χ4n) is 2.23. The highest BCUT2D eigenvalue weighted by molar-refractivity contribution is 9.10. The number of amides is 1. The first-order chi connectivity index (χ1) is 13.0. The predicted molar refractivity (Wildman–Crippen MR) is 117 cm³/mol. The maximum absolute atomic E-state index is 12.2. The summed E-state index contributed by atoms with van der Waals surface area (Å²) in [6.07, 6.45) is 0. The minimum absolute atomic E-state index is 0.150. The molecule has 0 fully saturated rings. The van der Waals surface area contributed by atoms with E-state index < -0.39 is 0 Å². The third kappa shape index (κ3) is 4.84. The molecule has 2 N–H and O–H groups in total.